The molecule has 0 radical (unpaired) electrons. The number of carbonyl (C=O) groups is 1. The molecule has 1 amide bonds. The minimum absolute atomic E-state index is 0.0258. The van der Waals surface area contributed by atoms with E-state index in [2.05, 4.69) is 0 Å². The number of amides is 1. The molecule has 2 aromatic rings. The van der Waals surface area contributed by atoms with Crippen molar-refractivity contribution in [3.63, 3.8) is 0 Å². The highest BCUT2D eigenvalue weighted by Crippen LogP contribution is 2.36. The average Bonchev–Trinajstić information content (AvgIpc) is 2.56. The maximum atomic E-state index is 12.8. The Morgan fingerprint density at radius 3 is 2.83 bits per heavy atom. The number of nitrogen functional groups attached to an aromatic ring is 1. The van der Waals surface area contributed by atoms with Gasteiger partial charge < -0.3 is 10.5 Å². The van der Waals surface area contributed by atoms with Crippen LogP contribution < -0.4 is 15.4 Å². The van der Waals surface area contributed by atoms with Crippen molar-refractivity contribution in [3.05, 3.63) is 53.1 Å². The van der Waals surface area contributed by atoms with E-state index in [1.807, 2.05) is 38.1 Å². The summed E-state index contributed by atoms with van der Waals surface area (Å²) in [6.45, 7) is 4.06. The Bertz CT molecular complexity index is 839. The van der Waals surface area contributed by atoms with E-state index in [9.17, 15) is 4.79 Å². The zero-order valence-electron chi connectivity index (χ0n) is 13.7. The molecule has 0 bridgehead atoms. The van der Waals surface area contributed by atoms with Crippen LogP contribution in [0.4, 0.5) is 11.4 Å². The Kier molecular flexibility index (Phi) is 4.13. The van der Waals surface area contributed by atoms with Gasteiger partial charge in [-0.05, 0) is 48.7 Å². The molecule has 24 heavy (non-hydrogen) atoms. The Balaban J connectivity index is 1.96. The summed E-state index contributed by atoms with van der Waals surface area (Å²) in [7, 11) is 0. The molecule has 2 N–H and O–H groups in total. The van der Waals surface area contributed by atoms with E-state index in [0.717, 1.165) is 11.1 Å². The minimum atomic E-state index is -0.644. The SMILES string of the molecule is Cc1cccc(CC2Oc3ccc(N)cc3N(CC#N)C2=O)c1C. The van der Waals surface area contributed by atoms with Gasteiger partial charge in [-0.25, -0.2) is 0 Å². The number of hydrogen-bond donors (Lipinski definition) is 1. The number of nitriles is 1. The smallest absolute Gasteiger partial charge is 0.269 e. The van der Waals surface area contributed by atoms with Crippen LogP contribution in [0.5, 0.6) is 5.75 Å². The maximum Gasteiger partial charge on any atom is 0.269 e. The van der Waals surface area contributed by atoms with Crippen LogP contribution in [-0.4, -0.2) is 18.6 Å². The van der Waals surface area contributed by atoms with Gasteiger partial charge in [0.05, 0.1) is 11.8 Å². The number of fused-ring (bicyclic) bond motifs is 1. The number of anilines is 2. The van der Waals surface area contributed by atoms with Gasteiger partial charge in [-0.15, -0.1) is 0 Å². The van der Waals surface area contributed by atoms with Gasteiger partial charge in [-0.1, -0.05) is 18.2 Å². The molecule has 1 atom stereocenters. The molecule has 1 heterocycles. The first-order valence-corrected chi connectivity index (χ1v) is 7.81. The third-order valence-corrected chi connectivity index (χ3v) is 4.44. The summed E-state index contributed by atoms with van der Waals surface area (Å²) >= 11 is 0. The summed E-state index contributed by atoms with van der Waals surface area (Å²) in [6, 6.07) is 13.2. The number of rotatable bonds is 3. The van der Waals surface area contributed by atoms with E-state index in [1.165, 1.54) is 10.5 Å². The van der Waals surface area contributed by atoms with Crippen molar-refractivity contribution >= 4 is 17.3 Å². The van der Waals surface area contributed by atoms with E-state index < -0.39 is 6.10 Å². The highest BCUT2D eigenvalue weighted by Gasteiger charge is 2.34. The summed E-state index contributed by atoms with van der Waals surface area (Å²) < 4.78 is 5.92. The molecule has 5 nitrogen and oxygen atoms in total. The lowest BCUT2D eigenvalue weighted by Gasteiger charge is -2.33. The van der Waals surface area contributed by atoms with Gasteiger partial charge >= 0.3 is 0 Å². The number of nitrogens with zero attached hydrogens (tertiary/aromatic N) is 2. The van der Waals surface area contributed by atoms with Crippen LogP contribution >= 0.6 is 0 Å². The van der Waals surface area contributed by atoms with E-state index in [0.29, 0.717) is 23.5 Å². The van der Waals surface area contributed by atoms with Crippen LogP contribution in [0.2, 0.25) is 0 Å². The molecule has 0 saturated heterocycles. The van der Waals surface area contributed by atoms with Crippen molar-refractivity contribution in [2.24, 2.45) is 0 Å². The largest absolute Gasteiger partial charge is 0.478 e. The normalized spacial score (nSPS) is 16.3. The van der Waals surface area contributed by atoms with Crippen molar-refractivity contribution in [2.75, 3.05) is 17.2 Å². The highest BCUT2D eigenvalue weighted by molar-refractivity contribution is 6.01. The van der Waals surface area contributed by atoms with E-state index in [1.54, 1.807) is 18.2 Å². The molecule has 0 saturated carbocycles. The molecule has 1 aliphatic heterocycles. The van der Waals surface area contributed by atoms with Gasteiger partial charge in [0, 0.05) is 12.1 Å². The monoisotopic (exact) mass is 321 g/mol. The van der Waals surface area contributed by atoms with Gasteiger partial charge in [0.25, 0.3) is 5.91 Å². The number of hydrogen-bond acceptors (Lipinski definition) is 4. The molecule has 0 spiro atoms. The minimum Gasteiger partial charge on any atom is -0.478 e. The number of aryl methyl sites for hydroxylation is 1. The second-order valence-corrected chi connectivity index (χ2v) is 5.98. The van der Waals surface area contributed by atoms with Gasteiger partial charge in [0.15, 0.2) is 6.10 Å². The molecule has 1 unspecified atom stereocenters. The first kappa shape index (κ1) is 15.9. The summed E-state index contributed by atoms with van der Waals surface area (Å²) in [5.41, 5.74) is 10.3. The number of benzene rings is 2. The molecule has 5 heteroatoms. The van der Waals surface area contributed by atoms with Crippen molar-refractivity contribution in [1.82, 2.24) is 0 Å². The standard InChI is InChI=1S/C19H19N3O2/c1-12-4-3-5-14(13(12)2)10-18-19(23)22(9-8-20)16-11-15(21)6-7-17(16)24-18/h3-7,11,18H,9-10,21H2,1-2H3. The summed E-state index contributed by atoms with van der Waals surface area (Å²) in [5.74, 6) is 0.366. The summed E-state index contributed by atoms with van der Waals surface area (Å²) in [5, 5.41) is 9.07. The first-order chi connectivity index (χ1) is 11.5. The zero-order valence-corrected chi connectivity index (χ0v) is 13.7. The summed E-state index contributed by atoms with van der Waals surface area (Å²) in [6.07, 6.45) is -0.173. The predicted octanol–water partition coefficient (Wildman–Crippen LogP) is 2.75. The fourth-order valence-corrected chi connectivity index (χ4v) is 2.94. The molecular weight excluding hydrogens is 302 g/mol. The molecule has 122 valence electrons. The fourth-order valence-electron chi connectivity index (χ4n) is 2.94. The molecule has 0 aliphatic carbocycles. The Morgan fingerprint density at radius 2 is 2.08 bits per heavy atom. The highest BCUT2D eigenvalue weighted by atomic mass is 16.5. The Labute approximate surface area is 141 Å². The first-order valence-electron chi connectivity index (χ1n) is 7.81. The van der Waals surface area contributed by atoms with Crippen molar-refractivity contribution in [2.45, 2.75) is 26.4 Å². The van der Waals surface area contributed by atoms with E-state index >= 15 is 0 Å². The molecule has 0 aromatic heterocycles. The van der Waals surface area contributed by atoms with E-state index in [-0.39, 0.29) is 12.5 Å². The quantitative estimate of drug-likeness (QED) is 0.696. The van der Waals surface area contributed by atoms with Crippen molar-refractivity contribution < 1.29 is 9.53 Å². The lowest BCUT2D eigenvalue weighted by Crippen LogP contribution is -2.47. The van der Waals surface area contributed by atoms with Crippen LogP contribution in [-0.2, 0) is 11.2 Å². The predicted molar refractivity (Wildman–Crippen MR) is 92.9 cm³/mol. The third kappa shape index (κ3) is 2.79. The molecule has 1 aliphatic rings. The lowest BCUT2D eigenvalue weighted by atomic mass is 9.97. The molecule has 3 rings (SSSR count). The van der Waals surface area contributed by atoms with Gasteiger partial charge in [-0.3, -0.25) is 9.69 Å². The Hall–Kier alpha value is -3.00. The zero-order chi connectivity index (χ0) is 17.3. The van der Waals surface area contributed by atoms with Crippen LogP contribution in [0.3, 0.4) is 0 Å². The van der Waals surface area contributed by atoms with Crippen LogP contribution in [0.25, 0.3) is 0 Å². The molecule has 0 fully saturated rings. The second kappa shape index (κ2) is 6.25. The lowest BCUT2D eigenvalue weighted by molar-refractivity contribution is -0.126. The number of carbonyl (C=O) groups excluding carboxylic acids is 1. The van der Waals surface area contributed by atoms with Gasteiger partial charge in [0.2, 0.25) is 0 Å². The van der Waals surface area contributed by atoms with Crippen LogP contribution in [0.1, 0.15) is 16.7 Å². The Morgan fingerprint density at radius 1 is 1.29 bits per heavy atom. The van der Waals surface area contributed by atoms with Crippen molar-refractivity contribution in [1.29, 1.82) is 5.26 Å². The number of nitrogens with two attached hydrogens (primary N) is 1. The molecule has 2 aromatic carbocycles. The average molecular weight is 321 g/mol. The molecular formula is C19H19N3O2. The van der Waals surface area contributed by atoms with E-state index in [4.69, 9.17) is 15.7 Å². The maximum absolute atomic E-state index is 12.8. The van der Waals surface area contributed by atoms with Crippen LogP contribution in [0.15, 0.2) is 36.4 Å². The van der Waals surface area contributed by atoms with Crippen molar-refractivity contribution in [3.8, 4) is 11.8 Å². The van der Waals surface area contributed by atoms with Gasteiger partial charge in [0.1, 0.15) is 12.3 Å². The second-order valence-electron chi connectivity index (χ2n) is 5.98. The van der Waals surface area contributed by atoms with Crippen LogP contribution in [0, 0.1) is 25.2 Å². The summed E-state index contributed by atoms with van der Waals surface area (Å²) in [4.78, 5) is 14.2. The third-order valence-electron chi connectivity index (χ3n) is 4.44. The fraction of sp³-hybridized carbons (Fsp3) is 0.263. The van der Waals surface area contributed by atoms with Gasteiger partial charge in [-0.2, -0.15) is 5.26 Å². The topological polar surface area (TPSA) is 79.3 Å². The number of ether oxygens (including phenoxy) is 1.